The monoisotopic (exact) mass is 405 g/mol. The fourth-order valence-corrected chi connectivity index (χ4v) is 2.67. The maximum absolute atomic E-state index is 12.3. The molecule has 0 saturated heterocycles. The molecule has 0 radical (unpaired) electrons. The van der Waals surface area contributed by atoms with E-state index in [4.69, 9.17) is 14.2 Å². The number of carbonyl (C=O) groups is 1. The number of unbranched alkanes of at least 4 members (excludes halogenated alkanes) is 1. The number of halogens is 3. The van der Waals surface area contributed by atoms with Crippen molar-refractivity contribution in [1.82, 2.24) is 5.32 Å². The van der Waals surface area contributed by atoms with Gasteiger partial charge >= 0.3 is 12.3 Å². The molecule has 1 rings (SSSR count). The molecule has 0 aliphatic heterocycles. The fourth-order valence-electron chi connectivity index (χ4n) is 2.67. The lowest BCUT2D eigenvalue weighted by atomic mass is 10.0. The second-order valence-corrected chi connectivity index (χ2v) is 7.48. The van der Waals surface area contributed by atoms with Crippen molar-refractivity contribution in [2.45, 2.75) is 64.7 Å². The van der Waals surface area contributed by atoms with Crippen LogP contribution in [0.3, 0.4) is 0 Å². The minimum Gasteiger partial charge on any atom is -0.496 e. The number of aryl methyl sites for hydroxylation is 1. The van der Waals surface area contributed by atoms with Crippen molar-refractivity contribution < 1.29 is 32.2 Å². The van der Waals surface area contributed by atoms with Crippen LogP contribution in [0.25, 0.3) is 0 Å². The molecule has 0 fully saturated rings. The van der Waals surface area contributed by atoms with Crippen molar-refractivity contribution in [1.29, 1.82) is 0 Å². The summed E-state index contributed by atoms with van der Waals surface area (Å²) in [5.41, 5.74) is 1.05. The summed E-state index contributed by atoms with van der Waals surface area (Å²) in [6.07, 6.45) is -4.00. The Morgan fingerprint density at radius 1 is 0.964 bits per heavy atom. The van der Waals surface area contributed by atoms with Crippen LogP contribution in [0.15, 0.2) is 12.1 Å². The number of hydrogen-bond acceptors (Lipinski definition) is 4. The highest BCUT2D eigenvalue weighted by Gasteiger charge is 2.26. The highest BCUT2D eigenvalue weighted by molar-refractivity contribution is 5.67. The van der Waals surface area contributed by atoms with E-state index in [0.29, 0.717) is 37.3 Å². The Labute approximate surface area is 164 Å². The molecule has 160 valence electrons. The molecular weight excluding hydrogens is 375 g/mol. The van der Waals surface area contributed by atoms with Crippen LogP contribution in [0, 0.1) is 0 Å². The van der Waals surface area contributed by atoms with Crippen LogP contribution in [0.2, 0.25) is 0 Å². The average Bonchev–Trinajstić information content (AvgIpc) is 2.56. The van der Waals surface area contributed by atoms with E-state index in [0.717, 1.165) is 11.1 Å². The van der Waals surface area contributed by atoms with Gasteiger partial charge in [-0.1, -0.05) is 0 Å². The van der Waals surface area contributed by atoms with Gasteiger partial charge < -0.3 is 19.5 Å². The third-order valence-electron chi connectivity index (χ3n) is 3.90. The summed E-state index contributed by atoms with van der Waals surface area (Å²) < 4.78 is 52.8. The summed E-state index contributed by atoms with van der Waals surface area (Å²) in [4.78, 5) is 11.7. The Hall–Kier alpha value is -2.12. The molecule has 0 saturated carbocycles. The van der Waals surface area contributed by atoms with Crippen molar-refractivity contribution in [3.63, 3.8) is 0 Å². The standard InChI is InChI=1S/C20H30F3NO4/c1-19(2,3)28-18(25)24-11-9-15-13-16(26-4)14(12-17(15)27-5)8-6-7-10-20(21,22)23/h12-13H,6-11H2,1-5H3,(H,24,25). The van der Waals surface area contributed by atoms with E-state index >= 15 is 0 Å². The van der Waals surface area contributed by atoms with Gasteiger partial charge in [0.25, 0.3) is 0 Å². The quantitative estimate of drug-likeness (QED) is 0.585. The first-order chi connectivity index (χ1) is 12.9. The lowest BCUT2D eigenvalue weighted by Gasteiger charge is -2.20. The number of methoxy groups -OCH3 is 2. The molecule has 8 heteroatoms. The predicted molar refractivity (Wildman–Crippen MR) is 101 cm³/mol. The maximum atomic E-state index is 12.3. The number of amides is 1. The number of hydrogen-bond donors (Lipinski definition) is 1. The minimum absolute atomic E-state index is 0.0660. The maximum Gasteiger partial charge on any atom is 0.407 e. The van der Waals surface area contributed by atoms with Gasteiger partial charge in [0, 0.05) is 13.0 Å². The minimum atomic E-state index is -4.13. The molecule has 0 aliphatic carbocycles. The first-order valence-electron chi connectivity index (χ1n) is 9.22. The molecule has 1 amide bonds. The second-order valence-electron chi connectivity index (χ2n) is 7.48. The van der Waals surface area contributed by atoms with E-state index < -0.39 is 24.3 Å². The molecule has 1 aromatic carbocycles. The lowest BCUT2D eigenvalue weighted by molar-refractivity contribution is -0.135. The molecule has 0 heterocycles. The Bertz CT molecular complexity index is 640. The van der Waals surface area contributed by atoms with E-state index in [1.165, 1.54) is 14.2 Å². The molecule has 0 aromatic heterocycles. The summed E-state index contributed by atoms with van der Waals surface area (Å²) >= 11 is 0. The number of alkyl carbamates (subject to hydrolysis) is 1. The van der Waals surface area contributed by atoms with Gasteiger partial charge in [0.2, 0.25) is 0 Å². The van der Waals surface area contributed by atoms with Crippen LogP contribution in [0.5, 0.6) is 11.5 Å². The molecule has 0 aliphatic rings. The van der Waals surface area contributed by atoms with Crippen molar-refractivity contribution in [2.24, 2.45) is 0 Å². The predicted octanol–water partition coefficient (Wildman–Crippen LogP) is 5.05. The molecule has 0 spiro atoms. The van der Waals surface area contributed by atoms with Gasteiger partial charge in [-0.15, -0.1) is 0 Å². The summed E-state index contributed by atoms with van der Waals surface area (Å²) in [5, 5.41) is 2.68. The fraction of sp³-hybridized carbons (Fsp3) is 0.650. The van der Waals surface area contributed by atoms with E-state index in [2.05, 4.69) is 5.32 Å². The van der Waals surface area contributed by atoms with Crippen molar-refractivity contribution in [3.05, 3.63) is 23.3 Å². The summed E-state index contributed by atoms with van der Waals surface area (Å²) in [5.74, 6) is 1.21. The molecule has 0 atom stereocenters. The molecule has 0 bridgehead atoms. The zero-order chi connectivity index (χ0) is 21.4. The summed E-state index contributed by atoms with van der Waals surface area (Å²) in [7, 11) is 3.05. The highest BCUT2D eigenvalue weighted by atomic mass is 19.4. The molecular formula is C20H30F3NO4. The number of nitrogens with one attached hydrogen (secondary N) is 1. The van der Waals surface area contributed by atoms with Crippen LogP contribution in [0.1, 0.15) is 51.2 Å². The Morgan fingerprint density at radius 3 is 1.96 bits per heavy atom. The van der Waals surface area contributed by atoms with E-state index in [1.54, 1.807) is 32.9 Å². The molecule has 0 unspecified atom stereocenters. The molecule has 1 N–H and O–H groups in total. The largest absolute Gasteiger partial charge is 0.496 e. The van der Waals surface area contributed by atoms with Gasteiger partial charge in [-0.25, -0.2) is 4.79 Å². The van der Waals surface area contributed by atoms with Crippen LogP contribution in [-0.4, -0.2) is 38.6 Å². The number of rotatable bonds is 9. The van der Waals surface area contributed by atoms with Crippen molar-refractivity contribution in [2.75, 3.05) is 20.8 Å². The highest BCUT2D eigenvalue weighted by Crippen LogP contribution is 2.31. The van der Waals surface area contributed by atoms with E-state index in [1.807, 2.05) is 0 Å². The topological polar surface area (TPSA) is 56.8 Å². The zero-order valence-corrected chi connectivity index (χ0v) is 17.2. The van der Waals surface area contributed by atoms with Gasteiger partial charge in [-0.05, 0) is 69.7 Å². The van der Waals surface area contributed by atoms with Crippen molar-refractivity contribution in [3.8, 4) is 11.5 Å². The molecule has 28 heavy (non-hydrogen) atoms. The van der Waals surface area contributed by atoms with Gasteiger partial charge in [0.1, 0.15) is 17.1 Å². The van der Waals surface area contributed by atoms with Crippen molar-refractivity contribution >= 4 is 6.09 Å². The number of ether oxygens (including phenoxy) is 3. The Morgan fingerprint density at radius 2 is 1.50 bits per heavy atom. The third kappa shape index (κ3) is 9.19. The molecule has 1 aromatic rings. The van der Waals surface area contributed by atoms with Crippen LogP contribution < -0.4 is 14.8 Å². The van der Waals surface area contributed by atoms with Crippen LogP contribution >= 0.6 is 0 Å². The van der Waals surface area contributed by atoms with Crippen LogP contribution in [0.4, 0.5) is 18.0 Å². The normalized spacial score (nSPS) is 11.9. The summed E-state index contributed by atoms with van der Waals surface area (Å²) in [6, 6.07) is 3.59. The smallest absolute Gasteiger partial charge is 0.407 e. The van der Waals surface area contributed by atoms with Crippen LogP contribution in [-0.2, 0) is 17.6 Å². The number of carbonyl (C=O) groups excluding carboxylic acids is 1. The first kappa shape index (κ1) is 23.9. The lowest BCUT2D eigenvalue weighted by Crippen LogP contribution is -2.33. The average molecular weight is 405 g/mol. The van der Waals surface area contributed by atoms with Gasteiger partial charge in [0.05, 0.1) is 14.2 Å². The van der Waals surface area contributed by atoms with Gasteiger partial charge in [0.15, 0.2) is 0 Å². The number of alkyl halides is 3. The van der Waals surface area contributed by atoms with Gasteiger partial charge in [-0.2, -0.15) is 13.2 Å². The van der Waals surface area contributed by atoms with E-state index in [9.17, 15) is 18.0 Å². The zero-order valence-electron chi connectivity index (χ0n) is 17.2. The van der Waals surface area contributed by atoms with Gasteiger partial charge in [-0.3, -0.25) is 0 Å². The number of benzene rings is 1. The van der Waals surface area contributed by atoms with E-state index in [-0.39, 0.29) is 6.42 Å². The second kappa shape index (κ2) is 10.4. The molecule has 5 nitrogen and oxygen atoms in total. The Kier molecular flexibility index (Phi) is 8.91. The Balaban J connectivity index is 2.71. The first-order valence-corrected chi connectivity index (χ1v) is 9.22. The third-order valence-corrected chi connectivity index (χ3v) is 3.90. The summed E-state index contributed by atoms with van der Waals surface area (Å²) in [6.45, 7) is 5.70. The SMILES string of the molecule is COc1cc(CCNC(=O)OC(C)(C)C)c(OC)cc1CCCCC(F)(F)F.